The molecule has 0 spiro atoms. The molecule has 0 aliphatic carbocycles. The Morgan fingerprint density at radius 2 is 2.21 bits per heavy atom. The molecular formula is C13H23N3O3. The van der Waals surface area contributed by atoms with Gasteiger partial charge in [0.2, 0.25) is 5.89 Å². The Bertz CT molecular complexity index is 390. The summed E-state index contributed by atoms with van der Waals surface area (Å²) in [5.41, 5.74) is 0. The lowest BCUT2D eigenvalue weighted by molar-refractivity contribution is -0.137. The van der Waals surface area contributed by atoms with E-state index in [4.69, 9.17) is 9.63 Å². The molecule has 0 aromatic carbocycles. The molecule has 0 aliphatic rings. The summed E-state index contributed by atoms with van der Waals surface area (Å²) in [5, 5.41) is 12.6. The molecule has 1 aromatic heterocycles. The van der Waals surface area contributed by atoms with Gasteiger partial charge in [-0.1, -0.05) is 12.1 Å². The third kappa shape index (κ3) is 5.83. The van der Waals surface area contributed by atoms with Crippen molar-refractivity contribution in [3.05, 3.63) is 11.7 Å². The third-order valence-electron chi connectivity index (χ3n) is 2.89. The van der Waals surface area contributed by atoms with Gasteiger partial charge in [-0.3, -0.25) is 9.69 Å². The molecule has 0 amide bonds. The van der Waals surface area contributed by atoms with Gasteiger partial charge in [0.05, 0.1) is 6.54 Å². The van der Waals surface area contributed by atoms with Crippen LogP contribution in [-0.4, -0.2) is 38.7 Å². The average molecular weight is 269 g/mol. The van der Waals surface area contributed by atoms with E-state index in [1.165, 1.54) is 0 Å². The van der Waals surface area contributed by atoms with Crippen LogP contribution in [0.25, 0.3) is 0 Å². The Morgan fingerprint density at radius 1 is 1.47 bits per heavy atom. The Hall–Kier alpha value is -1.43. The van der Waals surface area contributed by atoms with Gasteiger partial charge in [-0.05, 0) is 33.2 Å². The molecule has 0 radical (unpaired) electrons. The van der Waals surface area contributed by atoms with Gasteiger partial charge in [-0.25, -0.2) is 0 Å². The van der Waals surface area contributed by atoms with Crippen LogP contribution in [0.2, 0.25) is 0 Å². The number of carboxylic acids is 1. The minimum atomic E-state index is -0.758. The summed E-state index contributed by atoms with van der Waals surface area (Å²) >= 11 is 0. The number of hydrogen-bond donors (Lipinski definition) is 1. The van der Waals surface area contributed by atoms with Gasteiger partial charge in [0, 0.05) is 18.9 Å². The lowest BCUT2D eigenvalue weighted by Crippen LogP contribution is -2.31. The van der Waals surface area contributed by atoms with E-state index in [1.54, 1.807) is 0 Å². The fraction of sp³-hybridized carbons (Fsp3) is 0.769. The van der Waals surface area contributed by atoms with Gasteiger partial charge in [0.15, 0.2) is 5.82 Å². The molecule has 19 heavy (non-hydrogen) atoms. The van der Waals surface area contributed by atoms with Gasteiger partial charge in [-0.2, -0.15) is 4.98 Å². The second kappa shape index (κ2) is 7.89. The van der Waals surface area contributed by atoms with Crippen LogP contribution in [0, 0.1) is 0 Å². The SMILES string of the molecule is CCCc1noc(CN(CCCC(=O)O)C(C)C)n1. The van der Waals surface area contributed by atoms with Crippen LogP contribution < -0.4 is 0 Å². The Morgan fingerprint density at radius 3 is 2.79 bits per heavy atom. The predicted octanol–water partition coefficient (Wildman–Crippen LogP) is 2.10. The Kier molecular flexibility index (Phi) is 6.49. The number of hydrogen-bond acceptors (Lipinski definition) is 5. The van der Waals surface area contributed by atoms with Gasteiger partial charge in [0.25, 0.3) is 0 Å². The van der Waals surface area contributed by atoms with Crippen LogP contribution in [0.5, 0.6) is 0 Å². The fourth-order valence-electron chi connectivity index (χ4n) is 1.81. The maximum atomic E-state index is 10.5. The van der Waals surface area contributed by atoms with Crippen LogP contribution >= 0.6 is 0 Å². The van der Waals surface area contributed by atoms with E-state index >= 15 is 0 Å². The highest BCUT2D eigenvalue weighted by atomic mass is 16.5. The number of aliphatic carboxylic acids is 1. The van der Waals surface area contributed by atoms with Crippen LogP contribution in [-0.2, 0) is 17.8 Å². The number of carbonyl (C=O) groups is 1. The first-order valence-electron chi connectivity index (χ1n) is 6.80. The van der Waals surface area contributed by atoms with E-state index in [0.717, 1.165) is 25.2 Å². The summed E-state index contributed by atoms with van der Waals surface area (Å²) < 4.78 is 5.21. The number of aromatic nitrogens is 2. The second-order valence-electron chi connectivity index (χ2n) is 4.92. The molecule has 0 bridgehead atoms. The van der Waals surface area contributed by atoms with Crippen molar-refractivity contribution in [1.29, 1.82) is 0 Å². The zero-order valence-corrected chi connectivity index (χ0v) is 11.9. The lowest BCUT2D eigenvalue weighted by Gasteiger charge is -2.24. The average Bonchev–Trinajstić information content (AvgIpc) is 2.75. The summed E-state index contributed by atoms with van der Waals surface area (Å²) in [4.78, 5) is 17.0. The van der Waals surface area contributed by atoms with Gasteiger partial charge < -0.3 is 9.63 Å². The largest absolute Gasteiger partial charge is 0.481 e. The maximum Gasteiger partial charge on any atom is 0.303 e. The third-order valence-corrected chi connectivity index (χ3v) is 2.89. The quantitative estimate of drug-likeness (QED) is 0.739. The highest BCUT2D eigenvalue weighted by molar-refractivity contribution is 5.66. The van der Waals surface area contributed by atoms with Crippen molar-refractivity contribution in [3.63, 3.8) is 0 Å². The van der Waals surface area contributed by atoms with Crippen molar-refractivity contribution in [2.24, 2.45) is 0 Å². The molecule has 1 N–H and O–H groups in total. The smallest absolute Gasteiger partial charge is 0.303 e. The van der Waals surface area contributed by atoms with Crippen LogP contribution in [0.3, 0.4) is 0 Å². The van der Waals surface area contributed by atoms with Crippen molar-refractivity contribution < 1.29 is 14.4 Å². The van der Waals surface area contributed by atoms with Crippen molar-refractivity contribution >= 4 is 5.97 Å². The van der Waals surface area contributed by atoms with Crippen molar-refractivity contribution in [3.8, 4) is 0 Å². The topological polar surface area (TPSA) is 79.5 Å². The van der Waals surface area contributed by atoms with Crippen molar-refractivity contribution in [2.45, 2.75) is 59.0 Å². The normalized spacial score (nSPS) is 11.4. The first-order valence-corrected chi connectivity index (χ1v) is 6.80. The number of carboxylic acid groups (broad SMARTS) is 1. The van der Waals surface area contributed by atoms with Crippen molar-refractivity contribution in [2.75, 3.05) is 6.54 Å². The molecule has 1 heterocycles. The number of nitrogens with zero attached hydrogens (tertiary/aromatic N) is 3. The molecule has 0 aliphatic heterocycles. The first-order chi connectivity index (χ1) is 9.02. The summed E-state index contributed by atoms with van der Waals surface area (Å²) in [7, 11) is 0. The summed E-state index contributed by atoms with van der Waals surface area (Å²) in [6.45, 7) is 7.51. The molecule has 0 atom stereocenters. The molecule has 1 aromatic rings. The van der Waals surface area contributed by atoms with Gasteiger partial charge in [-0.15, -0.1) is 0 Å². The minimum Gasteiger partial charge on any atom is -0.481 e. The summed E-state index contributed by atoms with van der Waals surface area (Å²) in [5.74, 6) is 0.589. The van der Waals surface area contributed by atoms with E-state index in [1.807, 2.05) is 0 Å². The van der Waals surface area contributed by atoms with E-state index in [2.05, 4.69) is 35.8 Å². The predicted molar refractivity (Wildman–Crippen MR) is 70.7 cm³/mol. The highest BCUT2D eigenvalue weighted by Gasteiger charge is 2.15. The fourth-order valence-corrected chi connectivity index (χ4v) is 1.81. The number of rotatable bonds is 9. The van der Waals surface area contributed by atoms with Gasteiger partial charge >= 0.3 is 5.97 Å². The van der Waals surface area contributed by atoms with Gasteiger partial charge in [0.1, 0.15) is 0 Å². The molecule has 1 rings (SSSR count). The van der Waals surface area contributed by atoms with Crippen LogP contribution in [0.1, 0.15) is 51.7 Å². The molecule has 6 heteroatoms. The first kappa shape index (κ1) is 15.6. The van der Waals surface area contributed by atoms with E-state index in [0.29, 0.717) is 24.9 Å². The Balaban J connectivity index is 2.49. The zero-order chi connectivity index (χ0) is 14.3. The standard InChI is InChI=1S/C13H23N3O3/c1-4-6-11-14-12(19-15-11)9-16(10(2)3)8-5-7-13(17)18/h10H,4-9H2,1-3H3,(H,17,18). The monoisotopic (exact) mass is 269 g/mol. The van der Waals surface area contributed by atoms with E-state index in [9.17, 15) is 4.79 Å². The zero-order valence-electron chi connectivity index (χ0n) is 11.9. The maximum absolute atomic E-state index is 10.5. The second-order valence-corrected chi connectivity index (χ2v) is 4.92. The Labute approximate surface area is 113 Å². The summed E-state index contributed by atoms with van der Waals surface area (Å²) in [6.07, 6.45) is 2.63. The molecular weight excluding hydrogens is 246 g/mol. The van der Waals surface area contributed by atoms with Crippen LogP contribution in [0.15, 0.2) is 4.52 Å². The minimum absolute atomic E-state index is 0.189. The molecule has 0 unspecified atom stereocenters. The molecule has 0 saturated carbocycles. The summed E-state index contributed by atoms with van der Waals surface area (Å²) in [6, 6.07) is 0.315. The number of aryl methyl sites for hydroxylation is 1. The van der Waals surface area contributed by atoms with E-state index in [-0.39, 0.29) is 6.42 Å². The molecule has 0 saturated heterocycles. The molecule has 6 nitrogen and oxygen atoms in total. The molecule has 0 fully saturated rings. The lowest BCUT2D eigenvalue weighted by atomic mass is 10.2. The molecule has 108 valence electrons. The highest BCUT2D eigenvalue weighted by Crippen LogP contribution is 2.09. The van der Waals surface area contributed by atoms with Crippen molar-refractivity contribution in [1.82, 2.24) is 15.0 Å². The van der Waals surface area contributed by atoms with Crippen LogP contribution in [0.4, 0.5) is 0 Å². The van der Waals surface area contributed by atoms with E-state index < -0.39 is 5.97 Å².